The third-order valence-electron chi connectivity index (χ3n) is 22.6. The lowest BCUT2D eigenvalue weighted by Gasteiger charge is -2.14. The van der Waals surface area contributed by atoms with Gasteiger partial charge in [0.05, 0.1) is 44.2 Å². The smallest absolute Gasteiger partial charge is 0.164 e. The van der Waals surface area contributed by atoms with Crippen molar-refractivity contribution in [2.24, 2.45) is 0 Å². The van der Waals surface area contributed by atoms with Crippen molar-refractivity contribution in [2.75, 3.05) is 0 Å². The van der Waals surface area contributed by atoms with E-state index in [1.165, 1.54) is 0 Å². The summed E-state index contributed by atoms with van der Waals surface area (Å²) >= 11 is 0. The van der Waals surface area contributed by atoms with Crippen molar-refractivity contribution in [1.82, 2.24) is 39.0 Å². The molecule has 0 saturated carbocycles. The standard InChI is InChI=1S/C102H58N8O4/c1-4-23-60(24-5-1)97-103-98(61-25-6-2-7-26-61)106-101(105-97)77-37-22-44-89-93(77)95-84(56-67(58-91(95)113-89)68-34-20-35-75-73-32-13-19-42-86(73)114-96(68)75)110-81-40-17-12-31-71(81)72-51-49-65(54-82(72)110)59-45-47-63(48-46-59)100-104-99(62-27-8-3-9-28-62)107-102(108-100)76-36-21-43-88-92(76)94-83(109-79-38-15-10-29-69(79)70-30-11-16-39-80(70)109)55-66(57-90(94)112-88)64-50-52-87-78(53-64)74-33-14-18-41-85(74)111-87/h1-58H. The maximum atomic E-state index is 7.22. The summed E-state index contributed by atoms with van der Waals surface area (Å²) in [7, 11) is 0. The summed E-state index contributed by atoms with van der Waals surface area (Å²) in [6, 6.07) is 122. The van der Waals surface area contributed by atoms with Gasteiger partial charge in [0.2, 0.25) is 0 Å². The van der Waals surface area contributed by atoms with Gasteiger partial charge in [-0.2, -0.15) is 0 Å². The summed E-state index contributed by atoms with van der Waals surface area (Å²) in [4.78, 5) is 32.0. The quantitative estimate of drug-likeness (QED) is 0.123. The predicted molar refractivity (Wildman–Crippen MR) is 460 cm³/mol. The molecule has 0 radical (unpaired) electrons. The summed E-state index contributed by atoms with van der Waals surface area (Å²) in [6.45, 7) is 0. The van der Waals surface area contributed by atoms with E-state index in [2.05, 4.69) is 234 Å². The number of nitrogens with zero attached hydrogens (tertiary/aromatic N) is 8. The lowest BCUT2D eigenvalue weighted by atomic mass is 9.98. The van der Waals surface area contributed by atoms with Crippen LogP contribution in [0.4, 0.5) is 0 Å². The zero-order chi connectivity index (χ0) is 74.6. The zero-order valence-electron chi connectivity index (χ0n) is 60.7. The van der Waals surface area contributed by atoms with Crippen LogP contribution >= 0.6 is 0 Å². The first-order valence-electron chi connectivity index (χ1n) is 38.1. The number of para-hydroxylation sites is 6. The van der Waals surface area contributed by atoms with Gasteiger partial charge in [-0.05, 0) is 113 Å². The van der Waals surface area contributed by atoms with Crippen LogP contribution in [0, 0.1) is 0 Å². The topological polar surface area (TPSA) is 140 Å². The highest BCUT2D eigenvalue weighted by atomic mass is 16.3. The van der Waals surface area contributed by atoms with Gasteiger partial charge >= 0.3 is 0 Å². The molecule has 0 saturated heterocycles. The molecule has 0 atom stereocenters. The van der Waals surface area contributed by atoms with Gasteiger partial charge in [-0.15, -0.1) is 0 Å². The van der Waals surface area contributed by atoms with E-state index in [1.807, 2.05) is 127 Å². The Labute approximate surface area is 649 Å². The maximum absolute atomic E-state index is 7.22. The maximum Gasteiger partial charge on any atom is 0.164 e. The summed E-state index contributed by atoms with van der Waals surface area (Å²) in [5.74, 6) is 3.23. The first-order chi connectivity index (χ1) is 56.5. The lowest BCUT2D eigenvalue weighted by molar-refractivity contribution is 0.667. The summed E-state index contributed by atoms with van der Waals surface area (Å²) in [6.07, 6.45) is 0. The lowest BCUT2D eigenvalue weighted by Crippen LogP contribution is -2.01. The van der Waals surface area contributed by atoms with Crippen LogP contribution in [0.3, 0.4) is 0 Å². The van der Waals surface area contributed by atoms with Crippen LogP contribution in [0.2, 0.25) is 0 Å². The third kappa shape index (κ3) is 9.90. The van der Waals surface area contributed by atoms with Crippen molar-refractivity contribution in [2.45, 2.75) is 0 Å². The van der Waals surface area contributed by atoms with Crippen molar-refractivity contribution < 1.29 is 17.7 Å². The van der Waals surface area contributed by atoms with Gasteiger partial charge in [-0.3, -0.25) is 0 Å². The Balaban J connectivity index is 0.682. The Morgan fingerprint density at radius 3 is 1.09 bits per heavy atom. The van der Waals surface area contributed by atoms with E-state index in [1.54, 1.807) is 0 Å². The van der Waals surface area contributed by atoms with Gasteiger partial charge in [0.1, 0.15) is 44.7 Å². The Kier molecular flexibility index (Phi) is 13.8. The molecule has 0 bridgehead atoms. The highest BCUT2D eigenvalue weighted by Gasteiger charge is 2.28. The molecule has 0 amide bonds. The van der Waals surface area contributed by atoms with Gasteiger partial charge in [0.25, 0.3) is 0 Å². The minimum Gasteiger partial charge on any atom is -0.456 e. The van der Waals surface area contributed by atoms with Crippen molar-refractivity contribution >= 4 is 131 Å². The zero-order valence-corrected chi connectivity index (χ0v) is 60.7. The van der Waals surface area contributed by atoms with E-state index in [0.717, 1.165) is 193 Å². The molecule has 0 aliphatic rings. The van der Waals surface area contributed by atoms with E-state index in [0.29, 0.717) is 51.7 Å². The van der Waals surface area contributed by atoms with Crippen LogP contribution in [0.25, 0.3) is 244 Å². The second-order valence-corrected chi connectivity index (χ2v) is 29.1. The molecule has 24 rings (SSSR count). The second kappa shape index (κ2) is 24.9. The molecule has 8 aromatic heterocycles. The van der Waals surface area contributed by atoms with Crippen molar-refractivity contribution in [3.8, 4) is 113 Å². The molecule has 24 aromatic rings. The van der Waals surface area contributed by atoms with Crippen LogP contribution in [0.15, 0.2) is 370 Å². The molecule has 8 heterocycles. The minimum absolute atomic E-state index is 0.510. The molecule has 0 N–H and O–H groups in total. The van der Waals surface area contributed by atoms with Gasteiger partial charge in [0, 0.05) is 92.8 Å². The third-order valence-corrected chi connectivity index (χ3v) is 22.6. The highest BCUT2D eigenvalue weighted by Crippen LogP contribution is 2.49. The number of aromatic nitrogens is 8. The van der Waals surface area contributed by atoms with E-state index in [9.17, 15) is 0 Å². The molecule has 16 aromatic carbocycles. The second-order valence-electron chi connectivity index (χ2n) is 29.1. The summed E-state index contributed by atoms with van der Waals surface area (Å²) in [5.41, 5.74) is 23.1. The molecule has 0 unspecified atom stereocenters. The number of fused-ring (bicyclic) bond motifs is 18. The average molecular weight is 1460 g/mol. The Morgan fingerprint density at radius 1 is 0.175 bits per heavy atom. The number of furan rings is 4. The Bertz CT molecular complexity index is 8000. The first kappa shape index (κ1) is 63.3. The van der Waals surface area contributed by atoms with E-state index >= 15 is 0 Å². The highest BCUT2D eigenvalue weighted by molar-refractivity contribution is 6.22. The fourth-order valence-electron chi connectivity index (χ4n) is 17.5. The van der Waals surface area contributed by atoms with E-state index < -0.39 is 0 Å². The largest absolute Gasteiger partial charge is 0.456 e. The molecule has 0 aliphatic carbocycles. The van der Waals surface area contributed by atoms with E-state index in [-0.39, 0.29) is 0 Å². The van der Waals surface area contributed by atoms with Crippen molar-refractivity contribution in [3.63, 3.8) is 0 Å². The van der Waals surface area contributed by atoms with Gasteiger partial charge in [0.15, 0.2) is 34.9 Å². The predicted octanol–water partition coefficient (Wildman–Crippen LogP) is 26.9. The van der Waals surface area contributed by atoms with Crippen LogP contribution in [-0.2, 0) is 0 Å². The molecular formula is C102H58N8O4. The summed E-state index contributed by atoms with van der Waals surface area (Å²) < 4.78 is 32.4. The SMILES string of the molecule is c1ccc(-c2nc(-c3ccc(-c4ccc5c6ccccc6n(-c6cc(-c7cccc8c7oc7ccccc78)cc7oc8cccc(-c9nc(-c%10ccccc%10)nc(-c%10ccccc%10)n9)c8c67)c5c4)cc3)nc(-c3cccc4oc5cc(-c6ccc7oc8ccccc8c7c6)cc(-n6c7ccccc7c7ccccc76)c5c34)n2)cc1. The van der Waals surface area contributed by atoms with E-state index in [4.69, 9.17) is 47.6 Å². The van der Waals surface area contributed by atoms with Gasteiger partial charge in [-0.25, -0.2) is 29.9 Å². The molecule has 0 fully saturated rings. The monoisotopic (exact) mass is 1460 g/mol. The molecule has 12 nitrogen and oxygen atoms in total. The fraction of sp³-hybridized carbons (Fsp3) is 0. The fourth-order valence-corrected chi connectivity index (χ4v) is 17.5. The average Bonchev–Trinajstić information content (AvgIpc) is 1.55. The van der Waals surface area contributed by atoms with Crippen LogP contribution in [0.5, 0.6) is 0 Å². The number of benzene rings is 16. The van der Waals surface area contributed by atoms with Gasteiger partial charge < -0.3 is 26.8 Å². The molecule has 0 aliphatic heterocycles. The molecule has 114 heavy (non-hydrogen) atoms. The molecule has 0 spiro atoms. The minimum atomic E-state index is 0.510. The number of hydrogen-bond donors (Lipinski definition) is 0. The van der Waals surface area contributed by atoms with Crippen LogP contribution < -0.4 is 0 Å². The van der Waals surface area contributed by atoms with Crippen LogP contribution in [-0.4, -0.2) is 39.0 Å². The van der Waals surface area contributed by atoms with Gasteiger partial charge in [-0.1, -0.05) is 267 Å². The summed E-state index contributed by atoms with van der Waals surface area (Å²) in [5, 5.41) is 12.3. The Morgan fingerprint density at radius 2 is 0.535 bits per heavy atom. The normalized spacial score (nSPS) is 12.0. The Hall–Kier alpha value is -15.7. The number of hydrogen-bond acceptors (Lipinski definition) is 10. The van der Waals surface area contributed by atoms with Crippen molar-refractivity contribution in [1.29, 1.82) is 0 Å². The molecule has 530 valence electrons. The molecule has 12 heteroatoms. The first-order valence-corrected chi connectivity index (χ1v) is 38.1. The molecular weight excluding hydrogens is 1400 g/mol. The van der Waals surface area contributed by atoms with Crippen LogP contribution in [0.1, 0.15) is 0 Å². The van der Waals surface area contributed by atoms with Crippen molar-refractivity contribution in [3.05, 3.63) is 352 Å². The number of rotatable bonds is 11.